The third-order valence-corrected chi connectivity index (χ3v) is 6.34. The summed E-state index contributed by atoms with van der Waals surface area (Å²) in [5.74, 6) is -0.555. The Morgan fingerprint density at radius 2 is 1.72 bits per heavy atom. The molecule has 0 aliphatic heterocycles. The van der Waals surface area contributed by atoms with E-state index in [0.29, 0.717) is 24.4 Å². The number of carbonyl (C=O) groups is 2. The van der Waals surface area contributed by atoms with Gasteiger partial charge in [-0.15, -0.1) is 5.10 Å². The van der Waals surface area contributed by atoms with Crippen molar-refractivity contribution in [2.75, 3.05) is 25.2 Å². The fraction of sp³-hybridized carbons (Fsp3) is 0.286. The van der Waals surface area contributed by atoms with Crippen LogP contribution in [0.15, 0.2) is 66.7 Å². The number of anilines is 1. The van der Waals surface area contributed by atoms with Crippen molar-refractivity contribution >= 4 is 28.5 Å². The molecule has 4 aromatic rings. The molecule has 2 amide bonds. The molecule has 0 spiro atoms. The Morgan fingerprint density at radius 3 is 2.47 bits per heavy atom. The van der Waals surface area contributed by atoms with E-state index in [1.54, 1.807) is 16.7 Å². The Labute approximate surface area is 210 Å². The van der Waals surface area contributed by atoms with E-state index >= 15 is 0 Å². The van der Waals surface area contributed by atoms with Gasteiger partial charge < -0.3 is 10.1 Å². The minimum absolute atomic E-state index is 0.0683. The highest BCUT2D eigenvalue weighted by atomic mass is 16.5. The molecule has 0 saturated heterocycles. The Balaban J connectivity index is 1.81. The van der Waals surface area contributed by atoms with Gasteiger partial charge in [0.2, 0.25) is 11.8 Å². The number of amides is 2. The van der Waals surface area contributed by atoms with Gasteiger partial charge in [-0.25, -0.2) is 4.68 Å². The Kier molecular flexibility index (Phi) is 7.75. The lowest BCUT2D eigenvalue weighted by atomic mass is 9.97. The maximum Gasteiger partial charge on any atom is 0.249 e. The Bertz CT molecular complexity index is 1380. The van der Waals surface area contributed by atoms with Crippen molar-refractivity contribution in [2.45, 2.75) is 33.4 Å². The molecule has 186 valence electrons. The highest BCUT2D eigenvalue weighted by Gasteiger charge is 2.34. The van der Waals surface area contributed by atoms with Crippen LogP contribution in [-0.4, -0.2) is 47.1 Å². The summed E-state index contributed by atoms with van der Waals surface area (Å²) in [5.41, 5.74) is 5.89. The van der Waals surface area contributed by atoms with Crippen molar-refractivity contribution in [3.8, 4) is 0 Å². The van der Waals surface area contributed by atoms with Crippen molar-refractivity contribution < 1.29 is 14.3 Å². The first kappa shape index (κ1) is 25.1. The number of carbonyl (C=O) groups excluding carboxylic acids is 2. The zero-order valence-electron chi connectivity index (χ0n) is 21.1. The van der Waals surface area contributed by atoms with Crippen LogP contribution in [0, 0.1) is 20.8 Å². The van der Waals surface area contributed by atoms with E-state index in [9.17, 15) is 9.59 Å². The molecule has 0 bridgehead atoms. The maximum absolute atomic E-state index is 14.0. The summed E-state index contributed by atoms with van der Waals surface area (Å²) >= 11 is 0. The normalized spacial score (nSPS) is 11.9. The van der Waals surface area contributed by atoms with Crippen LogP contribution in [0.1, 0.15) is 28.3 Å². The van der Waals surface area contributed by atoms with Gasteiger partial charge in [0.25, 0.3) is 0 Å². The number of aromatic nitrogens is 3. The number of rotatable bonds is 9. The summed E-state index contributed by atoms with van der Waals surface area (Å²) in [5, 5.41) is 11.3. The third kappa shape index (κ3) is 5.28. The molecule has 0 saturated carbocycles. The molecule has 4 rings (SSSR count). The minimum atomic E-state index is -0.882. The Morgan fingerprint density at radius 1 is 0.972 bits per heavy atom. The maximum atomic E-state index is 14.0. The van der Waals surface area contributed by atoms with Crippen molar-refractivity contribution in [1.29, 1.82) is 0 Å². The van der Waals surface area contributed by atoms with Crippen LogP contribution in [0.3, 0.4) is 0 Å². The van der Waals surface area contributed by atoms with Crippen LogP contribution in [0.25, 0.3) is 11.0 Å². The molecular formula is C28H31N5O3. The SMILES string of the molecule is COCCNC(=O)[C@H](c1ccccc1C)N(C(=O)Cn1nnc2ccccc21)c1ccc(C)c(C)c1. The fourth-order valence-corrected chi connectivity index (χ4v) is 4.22. The number of nitrogens with one attached hydrogen (secondary N) is 1. The zero-order valence-corrected chi connectivity index (χ0v) is 21.1. The quantitative estimate of drug-likeness (QED) is 0.363. The molecule has 1 heterocycles. The highest BCUT2D eigenvalue weighted by molar-refractivity contribution is 6.01. The fourth-order valence-electron chi connectivity index (χ4n) is 4.22. The van der Waals surface area contributed by atoms with Crippen LogP contribution >= 0.6 is 0 Å². The number of hydrogen-bond acceptors (Lipinski definition) is 5. The van der Waals surface area contributed by atoms with E-state index in [1.807, 2.05) is 87.5 Å². The monoisotopic (exact) mass is 485 g/mol. The first-order valence-corrected chi connectivity index (χ1v) is 11.9. The highest BCUT2D eigenvalue weighted by Crippen LogP contribution is 2.31. The van der Waals surface area contributed by atoms with Crippen LogP contribution in [-0.2, 0) is 20.9 Å². The molecule has 1 N–H and O–H groups in total. The van der Waals surface area contributed by atoms with Crippen molar-refractivity contribution in [2.24, 2.45) is 0 Å². The van der Waals surface area contributed by atoms with Gasteiger partial charge in [-0.1, -0.05) is 47.7 Å². The van der Waals surface area contributed by atoms with Crippen LogP contribution < -0.4 is 10.2 Å². The van der Waals surface area contributed by atoms with E-state index in [0.717, 1.165) is 27.8 Å². The van der Waals surface area contributed by atoms with Crippen molar-refractivity contribution in [1.82, 2.24) is 20.3 Å². The second-order valence-electron chi connectivity index (χ2n) is 8.81. The summed E-state index contributed by atoms with van der Waals surface area (Å²) < 4.78 is 6.69. The first-order valence-electron chi connectivity index (χ1n) is 11.9. The summed E-state index contributed by atoms with van der Waals surface area (Å²) in [6, 6.07) is 20.0. The lowest BCUT2D eigenvalue weighted by Crippen LogP contribution is -2.46. The molecule has 1 aromatic heterocycles. The van der Waals surface area contributed by atoms with Gasteiger partial charge in [-0.05, 0) is 67.3 Å². The lowest BCUT2D eigenvalue weighted by molar-refractivity contribution is -0.127. The number of para-hydroxylation sites is 1. The summed E-state index contributed by atoms with van der Waals surface area (Å²) in [6.45, 7) is 6.59. The molecule has 1 atom stereocenters. The molecule has 0 fully saturated rings. The minimum Gasteiger partial charge on any atom is -0.383 e. The van der Waals surface area contributed by atoms with Crippen molar-refractivity contribution in [3.63, 3.8) is 0 Å². The summed E-state index contributed by atoms with van der Waals surface area (Å²) in [4.78, 5) is 29.3. The largest absolute Gasteiger partial charge is 0.383 e. The van der Waals surface area contributed by atoms with Gasteiger partial charge in [0.05, 0.1) is 12.1 Å². The lowest BCUT2D eigenvalue weighted by Gasteiger charge is -2.32. The number of benzene rings is 3. The number of methoxy groups -OCH3 is 1. The van der Waals surface area contributed by atoms with E-state index in [1.165, 1.54) is 0 Å². The van der Waals surface area contributed by atoms with E-state index in [4.69, 9.17) is 4.74 Å². The number of hydrogen-bond donors (Lipinski definition) is 1. The third-order valence-electron chi connectivity index (χ3n) is 6.34. The molecule has 3 aromatic carbocycles. The standard InChI is InChI=1S/C28H31N5O3/c1-19-13-14-22(17-21(19)3)33(26(34)18-32-25-12-8-7-11-24(25)30-31-32)27(28(35)29-15-16-36-4)23-10-6-5-9-20(23)2/h5-14,17,27H,15-16,18H2,1-4H3,(H,29,35)/t27-/m0/s1. The molecule has 0 aliphatic carbocycles. The molecule has 0 radical (unpaired) electrons. The number of fused-ring (bicyclic) bond motifs is 1. The van der Waals surface area contributed by atoms with Gasteiger partial charge >= 0.3 is 0 Å². The zero-order chi connectivity index (χ0) is 25.7. The number of nitrogens with zero attached hydrogens (tertiary/aromatic N) is 4. The van der Waals surface area contributed by atoms with Crippen LogP contribution in [0.2, 0.25) is 0 Å². The molecular weight excluding hydrogens is 454 g/mol. The Hall–Kier alpha value is -4.04. The predicted octanol–water partition coefficient (Wildman–Crippen LogP) is 3.89. The second kappa shape index (κ2) is 11.1. The molecule has 36 heavy (non-hydrogen) atoms. The number of aryl methyl sites for hydroxylation is 3. The van der Waals surface area contributed by atoms with Crippen LogP contribution in [0.4, 0.5) is 5.69 Å². The second-order valence-corrected chi connectivity index (χ2v) is 8.81. The van der Waals surface area contributed by atoms with Gasteiger partial charge in [-0.3, -0.25) is 14.5 Å². The van der Waals surface area contributed by atoms with E-state index in [-0.39, 0.29) is 18.4 Å². The molecule has 8 nitrogen and oxygen atoms in total. The van der Waals surface area contributed by atoms with Crippen molar-refractivity contribution in [3.05, 3.63) is 89.0 Å². The molecule has 0 unspecified atom stereocenters. The molecule has 0 aliphatic rings. The summed E-state index contributed by atoms with van der Waals surface area (Å²) in [7, 11) is 1.58. The first-order chi connectivity index (χ1) is 17.4. The number of ether oxygens (including phenoxy) is 1. The van der Waals surface area contributed by atoms with Gasteiger partial charge in [0.15, 0.2) is 0 Å². The smallest absolute Gasteiger partial charge is 0.249 e. The average Bonchev–Trinajstić information content (AvgIpc) is 3.27. The van der Waals surface area contributed by atoms with E-state index in [2.05, 4.69) is 15.6 Å². The van der Waals surface area contributed by atoms with Crippen LogP contribution in [0.5, 0.6) is 0 Å². The summed E-state index contributed by atoms with van der Waals surface area (Å²) in [6.07, 6.45) is 0. The van der Waals surface area contributed by atoms with Gasteiger partial charge in [0.1, 0.15) is 18.1 Å². The average molecular weight is 486 g/mol. The predicted molar refractivity (Wildman–Crippen MR) is 140 cm³/mol. The van der Waals surface area contributed by atoms with Gasteiger partial charge in [0, 0.05) is 19.3 Å². The van der Waals surface area contributed by atoms with Gasteiger partial charge in [-0.2, -0.15) is 0 Å². The van der Waals surface area contributed by atoms with E-state index < -0.39 is 6.04 Å². The molecule has 8 heteroatoms. The topological polar surface area (TPSA) is 89.4 Å².